The lowest BCUT2D eigenvalue weighted by Gasteiger charge is -2.18. The molecule has 0 radical (unpaired) electrons. The number of halogens is 4. The van der Waals surface area contributed by atoms with E-state index in [1.54, 1.807) is 13.8 Å². The van der Waals surface area contributed by atoms with Gasteiger partial charge < -0.3 is 9.84 Å². The normalized spacial score (nSPS) is 24.1. The second kappa shape index (κ2) is 6.31. The SMILES string of the molecule is COc1c(F)c(F)c(C[C@@]2(C(=O)O)C(/C=C(/C)C#N)C2(C)C)c(F)c1F. The Morgan fingerprint density at radius 2 is 1.73 bits per heavy atom. The smallest absolute Gasteiger partial charge is 0.311 e. The van der Waals surface area contributed by atoms with E-state index in [2.05, 4.69) is 4.74 Å². The van der Waals surface area contributed by atoms with Crippen molar-refractivity contribution in [1.82, 2.24) is 0 Å². The molecule has 8 heteroatoms. The predicted molar refractivity (Wildman–Crippen MR) is 83.2 cm³/mol. The summed E-state index contributed by atoms with van der Waals surface area (Å²) in [6.45, 7) is 4.58. The third-order valence-electron chi connectivity index (χ3n) is 5.32. The summed E-state index contributed by atoms with van der Waals surface area (Å²) < 4.78 is 60.8. The van der Waals surface area contributed by atoms with Gasteiger partial charge in [-0.1, -0.05) is 19.9 Å². The number of nitrogens with zero attached hydrogens (tertiary/aromatic N) is 1. The van der Waals surface area contributed by atoms with E-state index in [4.69, 9.17) is 5.26 Å². The summed E-state index contributed by atoms with van der Waals surface area (Å²) in [7, 11) is 0.855. The average molecular weight is 371 g/mol. The molecule has 0 aromatic heterocycles. The van der Waals surface area contributed by atoms with E-state index >= 15 is 0 Å². The van der Waals surface area contributed by atoms with Crippen LogP contribution in [0.3, 0.4) is 0 Å². The number of carboxylic acid groups (broad SMARTS) is 1. The van der Waals surface area contributed by atoms with Crippen LogP contribution < -0.4 is 4.74 Å². The molecule has 2 rings (SSSR count). The van der Waals surface area contributed by atoms with Crippen LogP contribution >= 0.6 is 0 Å². The van der Waals surface area contributed by atoms with E-state index in [0.29, 0.717) is 0 Å². The summed E-state index contributed by atoms with van der Waals surface area (Å²) in [4.78, 5) is 11.9. The zero-order valence-corrected chi connectivity index (χ0v) is 14.6. The quantitative estimate of drug-likeness (QED) is 0.483. The van der Waals surface area contributed by atoms with Crippen LogP contribution in [-0.2, 0) is 11.2 Å². The lowest BCUT2D eigenvalue weighted by molar-refractivity contribution is -0.145. The maximum absolute atomic E-state index is 14.3. The van der Waals surface area contributed by atoms with Gasteiger partial charge in [0.05, 0.1) is 18.6 Å². The Morgan fingerprint density at radius 3 is 2.12 bits per heavy atom. The third-order valence-corrected chi connectivity index (χ3v) is 5.32. The second-order valence-electron chi connectivity index (χ2n) is 6.88. The monoisotopic (exact) mass is 371 g/mol. The molecule has 0 heterocycles. The van der Waals surface area contributed by atoms with E-state index in [1.165, 1.54) is 13.0 Å². The summed E-state index contributed by atoms with van der Waals surface area (Å²) in [6.07, 6.45) is 0.630. The fourth-order valence-electron chi connectivity index (χ4n) is 3.63. The van der Waals surface area contributed by atoms with Crippen LogP contribution in [0.4, 0.5) is 17.6 Å². The van der Waals surface area contributed by atoms with Gasteiger partial charge in [0.2, 0.25) is 11.6 Å². The molecule has 1 unspecified atom stereocenters. The molecule has 0 saturated heterocycles. The Labute approximate surface area is 147 Å². The lowest BCUT2D eigenvalue weighted by Crippen LogP contribution is -2.26. The summed E-state index contributed by atoms with van der Waals surface area (Å²) in [5.74, 6) is -10.1. The van der Waals surface area contributed by atoms with Crippen molar-refractivity contribution in [3.8, 4) is 11.8 Å². The number of carbonyl (C=O) groups is 1. The molecule has 0 aliphatic heterocycles. The first-order chi connectivity index (χ1) is 12.0. The van der Waals surface area contributed by atoms with Gasteiger partial charge in [0.15, 0.2) is 17.4 Å². The summed E-state index contributed by atoms with van der Waals surface area (Å²) >= 11 is 0. The minimum absolute atomic E-state index is 0.235. The Balaban J connectivity index is 2.62. The summed E-state index contributed by atoms with van der Waals surface area (Å²) in [5.41, 5.74) is -3.45. The molecule has 1 saturated carbocycles. The molecule has 1 N–H and O–H groups in total. The van der Waals surface area contributed by atoms with Crippen LogP contribution in [0.15, 0.2) is 11.6 Å². The van der Waals surface area contributed by atoms with Crippen molar-refractivity contribution in [1.29, 1.82) is 5.26 Å². The van der Waals surface area contributed by atoms with Crippen LogP contribution in [-0.4, -0.2) is 18.2 Å². The fraction of sp³-hybridized carbons (Fsp3) is 0.444. The number of nitriles is 1. The van der Waals surface area contributed by atoms with Crippen LogP contribution in [0.1, 0.15) is 26.3 Å². The molecule has 0 bridgehead atoms. The minimum Gasteiger partial charge on any atom is -0.491 e. The molecule has 0 spiro atoms. The number of allylic oxidation sites excluding steroid dienone is 2. The van der Waals surface area contributed by atoms with Gasteiger partial charge in [0.25, 0.3) is 0 Å². The van der Waals surface area contributed by atoms with Gasteiger partial charge in [-0.2, -0.15) is 14.0 Å². The Hall–Kier alpha value is -2.56. The van der Waals surface area contributed by atoms with Crippen molar-refractivity contribution in [3.63, 3.8) is 0 Å². The predicted octanol–water partition coefficient (Wildman–Crippen LogP) is 3.99. The van der Waals surface area contributed by atoms with Crippen LogP contribution in [0.5, 0.6) is 5.75 Å². The fourth-order valence-corrected chi connectivity index (χ4v) is 3.63. The molecule has 1 aromatic carbocycles. The van der Waals surface area contributed by atoms with E-state index in [-0.39, 0.29) is 5.57 Å². The number of rotatable bonds is 5. The maximum atomic E-state index is 14.3. The van der Waals surface area contributed by atoms with Gasteiger partial charge in [-0.25, -0.2) is 8.78 Å². The second-order valence-corrected chi connectivity index (χ2v) is 6.88. The van der Waals surface area contributed by atoms with Crippen LogP contribution in [0.25, 0.3) is 0 Å². The van der Waals surface area contributed by atoms with Crippen molar-refractivity contribution in [2.24, 2.45) is 16.7 Å². The van der Waals surface area contributed by atoms with Crippen molar-refractivity contribution in [2.75, 3.05) is 7.11 Å². The van der Waals surface area contributed by atoms with Gasteiger partial charge >= 0.3 is 5.97 Å². The van der Waals surface area contributed by atoms with E-state index < -0.39 is 63.7 Å². The largest absolute Gasteiger partial charge is 0.491 e. The lowest BCUT2D eigenvalue weighted by atomic mass is 9.87. The number of aliphatic carboxylic acids is 1. The summed E-state index contributed by atoms with van der Waals surface area (Å²) in [5, 5.41) is 18.6. The van der Waals surface area contributed by atoms with Crippen LogP contribution in [0, 0.1) is 51.3 Å². The Kier molecular flexibility index (Phi) is 4.79. The molecule has 0 amide bonds. The molecule has 1 aliphatic carbocycles. The number of carboxylic acids is 1. The Morgan fingerprint density at radius 1 is 1.23 bits per heavy atom. The Bertz CT molecular complexity index is 828. The third kappa shape index (κ3) is 2.54. The number of hydrogen-bond acceptors (Lipinski definition) is 3. The first kappa shape index (κ1) is 19.8. The number of benzene rings is 1. The highest BCUT2D eigenvalue weighted by Gasteiger charge is 2.74. The first-order valence-electron chi connectivity index (χ1n) is 7.68. The molecular formula is C18H17F4NO3. The average Bonchev–Trinajstić information content (AvgIpc) is 3.05. The van der Waals surface area contributed by atoms with Crippen LogP contribution in [0.2, 0.25) is 0 Å². The standard InChI is InChI=1S/C18H17F4NO3/c1-8(7-23)5-10-17(2,3)18(10,16(24)25)6-9-11(19)13(21)15(26-4)14(22)12(9)20/h5,10H,6H2,1-4H3,(H,24,25)/b8-5-/t10?,18-/m0/s1. The molecule has 140 valence electrons. The van der Waals surface area contributed by atoms with Gasteiger partial charge in [0.1, 0.15) is 0 Å². The molecular weight excluding hydrogens is 354 g/mol. The van der Waals surface area contributed by atoms with Crippen molar-refractivity contribution in [3.05, 3.63) is 40.5 Å². The van der Waals surface area contributed by atoms with Crippen molar-refractivity contribution in [2.45, 2.75) is 27.2 Å². The first-order valence-corrected chi connectivity index (χ1v) is 7.68. The highest BCUT2D eigenvalue weighted by atomic mass is 19.2. The van der Waals surface area contributed by atoms with E-state index in [0.717, 1.165) is 7.11 Å². The molecule has 2 atom stereocenters. The highest BCUT2D eigenvalue weighted by molar-refractivity contribution is 5.82. The van der Waals surface area contributed by atoms with E-state index in [9.17, 15) is 27.5 Å². The van der Waals surface area contributed by atoms with Gasteiger partial charge in [-0.3, -0.25) is 4.79 Å². The number of methoxy groups -OCH3 is 1. The van der Waals surface area contributed by atoms with Crippen molar-refractivity contribution >= 4 is 5.97 Å². The van der Waals surface area contributed by atoms with E-state index in [1.807, 2.05) is 6.07 Å². The van der Waals surface area contributed by atoms with Gasteiger partial charge in [0, 0.05) is 17.1 Å². The molecule has 1 fully saturated rings. The van der Waals surface area contributed by atoms with Crippen molar-refractivity contribution < 1.29 is 32.2 Å². The number of ether oxygens (including phenoxy) is 1. The molecule has 1 aliphatic rings. The number of hydrogen-bond donors (Lipinski definition) is 1. The van der Waals surface area contributed by atoms with Gasteiger partial charge in [-0.05, 0) is 18.8 Å². The molecule has 26 heavy (non-hydrogen) atoms. The van der Waals surface area contributed by atoms with Gasteiger partial charge in [-0.15, -0.1) is 0 Å². The topological polar surface area (TPSA) is 70.3 Å². The maximum Gasteiger partial charge on any atom is 0.311 e. The summed E-state index contributed by atoms with van der Waals surface area (Å²) in [6, 6.07) is 1.85. The highest BCUT2D eigenvalue weighted by Crippen LogP contribution is 2.71. The molecule has 1 aromatic rings. The zero-order valence-electron chi connectivity index (χ0n) is 14.6. The zero-order chi connectivity index (χ0) is 20.0. The molecule has 4 nitrogen and oxygen atoms in total. The minimum atomic E-state index is -1.72.